The lowest BCUT2D eigenvalue weighted by molar-refractivity contribution is -0.129. The molecule has 9 heteroatoms. The zero-order chi connectivity index (χ0) is 28.2. The zero-order valence-corrected chi connectivity index (χ0v) is 23.3. The first-order chi connectivity index (χ1) is 19.4. The fraction of sp³-hybridized carbons (Fsp3) is 0.323. The fourth-order valence-electron chi connectivity index (χ4n) is 5.09. The molecule has 1 fully saturated rings. The van der Waals surface area contributed by atoms with Gasteiger partial charge in [0.1, 0.15) is 5.75 Å². The Morgan fingerprint density at radius 2 is 1.68 bits per heavy atom. The molecule has 4 aromatic rings. The molecule has 2 aromatic heterocycles. The van der Waals surface area contributed by atoms with E-state index in [9.17, 15) is 4.79 Å². The predicted molar refractivity (Wildman–Crippen MR) is 151 cm³/mol. The third-order valence-corrected chi connectivity index (χ3v) is 7.28. The first kappa shape index (κ1) is 27.1. The summed E-state index contributed by atoms with van der Waals surface area (Å²) in [6.07, 6.45) is 2.16. The van der Waals surface area contributed by atoms with Gasteiger partial charge in [-0.1, -0.05) is 12.1 Å². The van der Waals surface area contributed by atoms with Crippen LogP contribution < -0.4 is 23.7 Å². The van der Waals surface area contributed by atoms with Gasteiger partial charge in [0.2, 0.25) is 17.5 Å². The van der Waals surface area contributed by atoms with Crippen molar-refractivity contribution in [3.63, 3.8) is 0 Å². The van der Waals surface area contributed by atoms with Crippen molar-refractivity contribution in [1.29, 1.82) is 0 Å². The quantitative estimate of drug-likeness (QED) is 0.265. The van der Waals surface area contributed by atoms with Crippen LogP contribution in [0, 0.1) is 5.92 Å². The highest BCUT2D eigenvalue weighted by molar-refractivity contribution is 5.87. The molecule has 1 aliphatic rings. The second-order valence-corrected chi connectivity index (χ2v) is 9.67. The summed E-state index contributed by atoms with van der Waals surface area (Å²) in [6.45, 7) is 3.01. The molecule has 9 nitrogen and oxygen atoms in total. The Morgan fingerprint density at radius 1 is 0.950 bits per heavy atom. The van der Waals surface area contributed by atoms with Crippen molar-refractivity contribution in [3.05, 3.63) is 66.4 Å². The number of fused-ring (bicyclic) bond motifs is 1. The number of carbonyl (C=O) groups is 1. The van der Waals surface area contributed by atoms with Crippen LogP contribution in [0.4, 0.5) is 0 Å². The normalized spacial score (nSPS) is 15.7. The summed E-state index contributed by atoms with van der Waals surface area (Å²) in [7, 11) is 6.36. The summed E-state index contributed by atoms with van der Waals surface area (Å²) in [6, 6.07) is 17.2. The van der Waals surface area contributed by atoms with Gasteiger partial charge in [0.05, 0.1) is 57.7 Å². The molecule has 1 aliphatic heterocycles. The van der Waals surface area contributed by atoms with E-state index in [0.717, 1.165) is 27.8 Å². The van der Waals surface area contributed by atoms with Crippen LogP contribution >= 0.6 is 0 Å². The minimum Gasteiger partial charge on any atom is -0.497 e. The maximum Gasteiger partial charge on any atom is 0.223 e. The van der Waals surface area contributed by atoms with Gasteiger partial charge in [-0.15, -0.1) is 0 Å². The van der Waals surface area contributed by atoms with E-state index in [1.807, 2.05) is 66.4 Å². The summed E-state index contributed by atoms with van der Waals surface area (Å²) in [4.78, 5) is 24.2. The van der Waals surface area contributed by atoms with Gasteiger partial charge >= 0.3 is 0 Å². The summed E-state index contributed by atoms with van der Waals surface area (Å²) in [5, 5.41) is 0.798. The molecular formula is C31H33N3O6. The average Bonchev–Trinajstić information content (AvgIpc) is 3.38. The van der Waals surface area contributed by atoms with Crippen molar-refractivity contribution in [2.75, 3.05) is 41.6 Å². The Bertz CT molecular complexity index is 1480. The van der Waals surface area contributed by atoms with Crippen molar-refractivity contribution in [2.45, 2.75) is 19.4 Å². The van der Waals surface area contributed by atoms with E-state index in [2.05, 4.69) is 4.98 Å². The van der Waals surface area contributed by atoms with Gasteiger partial charge in [-0.05, 0) is 55.0 Å². The van der Waals surface area contributed by atoms with Crippen LogP contribution in [0.2, 0.25) is 0 Å². The summed E-state index contributed by atoms with van der Waals surface area (Å²) in [5.41, 5.74) is 3.22. The van der Waals surface area contributed by atoms with E-state index in [1.54, 1.807) is 34.6 Å². The third kappa shape index (κ3) is 5.32. The standard InChI is InChI=1S/C31H33N3O6/c1-19(21-8-10-23(36-2)11-9-21)34-17-20(13-29(34)35)18-40-31-24-7-6-12-32-26(24)16-25(33-31)22-14-27(37-3)30(39-5)28(15-22)38-4/h6-12,14-16,19-20H,13,17-18H2,1-5H3/t19-,20+/m0/s1. The molecular weight excluding hydrogens is 510 g/mol. The molecule has 0 unspecified atom stereocenters. The highest BCUT2D eigenvalue weighted by Crippen LogP contribution is 2.42. The van der Waals surface area contributed by atoms with E-state index >= 15 is 0 Å². The summed E-state index contributed by atoms with van der Waals surface area (Å²) < 4.78 is 28.1. The van der Waals surface area contributed by atoms with E-state index in [0.29, 0.717) is 48.4 Å². The minimum absolute atomic E-state index is 0.0338. The predicted octanol–water partition coefficient (Wildman–Crippen LogP) is 5.32. The highest BCUT2D eigenvalue weighted by Gasteiger charge is 2.34. The van der Waals surface area contributed by atoms with E-state index in [-0.39, 0.29) is 17.9 Å². The van der Waals surface area contributed by atoms with Crippen LogP contribution in [-0.2, 0) is 4.79 Å². The number of hydrogen-bond acceptors (Lipinski definition) is 8. The molecule has 0 aliphatic carbocycles. The van der Waals surface area contributed by atoms with Crippen LogP contribution in [0.3, 0.4) is 0 Å². The minimum atomic E-state index is -0.0464. The second-order valence-electron chi connectivity index (χ2n) is 9.67. The Balaban J connectivity index is 1.38. The third-order valence-electron chi connectivity index (χ3n) is 7.28. The first-order valence-corrected chi connectivity index (χ1v) is 13.1. The molecule has 0 radical (unpaired) electrons. The van der Waals surface area contributed by atoms with Crippen LogP contribution in [-0.4, -0.2) is 62.4 Å². The lowest BCUT2D eigenvalue weighted by atomic mass is 10.1. The van der Waals surface area contributed by atoms with Crippen LogP contribution in [0.25, 0.3) is 22.2 Å². The molecule has 40 heavy (non-hydrogen) atoms. The van der Waals surface area contributed by atoms with Gasteiger partial charge in [0, 0.05) is 30.6 Å². The number of hydrogen-bond donors (Lipinski definition) is 0. The zero-order valence-electron chi connectivity index (χ0n) is 23.3. The van der Waals surface area contributed by atoms with E-state index in [4.69, 9.17) is 28.7 Å². The van der Waals surface area contributed by atoms with Crippen molar-refractivity contribution >= 4 is 16.8 Å². The molecule has 0 N–H and O–H groups in total. The topological polar surface area (TPSA) is 92.2 Å². The molecule has 3 heterocycles. The number of benzene rings is 2. The number of pyridine rings is 2. The lowest BCUT2D eigenvalue weighted by Gasteiger charge is -2.25. The fourth-order valence-corrected chi connectivity index (χ4v) is 5.09. The molecule has 2 aromatic carbocycles. The molecule has 0 saturated carbocycles. The Labute approximate surface area is 233 Å². The molecule has 5 rings (SSSR count). The average molecular weight is 544 g/mol. The van der Waals surface area contributed by atoms with Crippen LogP contribution in [0.1, 0.15) is 24.9 Å². The molecule has 0 spiro atoms. The maximum absolute atomic E-state index is 12.9. The highest BCUT2D eigenvalue weighted by atomic mass is 16.5. The van der Waals surface area contributed by atoms with Crippen molar-refractivity contribution in [1.82, 2.24) is 14.9 Å². The Kier molecular flexibility index (Phi) is 7.91. The number of methoxy groups -OCH3 is 4. The molecule has 0 bridgehead atoms. The van der Waals surface area contributed by atoms with Gasteiger partial charge in [-0.3, -0.25) is 9.78 Å². The smallest absolute Gasteiger partial charge is 0.223 e. The van der Waals surface area contributed by atoms with Crippen LogP contribution in [0.15, 0.2) is 60.8 Å². The van der Waals surface area contributed by atoms with Gasteiger partial charge in [0.25, 0.3) is 0 Å². The van der Waals surface area contributed by atoms with E-state index < -0.39 is 0 Å². The number of nitrogens with zero attached hydrogens (tertiary/aromatic N) is 3. The summed E-state index contributed by atoms with van der Waals surface area (Å²) >= 11 is 0. The number of aromatic nitrogens is 2. The van der Waals surface area contributed by atoms with Crippen molar-refractivity contribution < 1.29 is 28.5 Å². The SMILES string of the molecule is COc1ccc([C@H](C)N2C[C@H](COc3nc(-c4cc(OC)c(OC)c(OC)c4)cc4ncccc34)CC2=O)cc1. The van der Waals surface area contributed by atoms with Gasteiger partial charge in [-0.25, -0.2) is 4.98 Å². The molecule has 1 amide bonds. The summed E-state index contributed by atoms with van der Waals surface area (Å²) in [5.74, 6) is 2.95. The number of likely N-dealkylation sites (tertiary alicyclic amines) is 1. The molecule has 208 valence electrons. The monoisotopic (exact) mass is 543 g/mol. The van der Waals surface area contributed by atoms with Gasteiger partial charge < -0.3 is 28.6 Å². The largest absolute Gasteiger partial charge is 0.497 e. The van der Waals surface area contributed by atoms with E-state index in [1.165, 1.54) is 0 Å². The van der Waals surface area contributed by atoms with Gasteiger partial charge in [0.15, 0.2) is 11.5 Å². The molecule has 1 saturated heterocycles. The Morgan fingerprint density at radius 3 is 2.33 bits per heavy atom. The van der Waals surface area contributed by atoms with Crippen molar-refractivity contribution in [2.24, 2.45) is 5.92 Å². The molecule has 2 atom stereocenters. The van der Waals surface area contributed by atoms with Crippen molar-refractivity contribution in [3.8, 4) is 40.1 Å². The Hall–Kier alpha value is -4.53. The maximum atomic E-state index is 12.9. The number of ether oxygens (including phenoxy) is 5. The second kappa shape index (κ2) is 11.7. The number of carbonyl (C=O) groups excluding carboxylic acids is 1. The number of rotatable bonds is 10. The lowest BCUT2D eigenvalue weighted by Crippen LogP contribution is -2.29. The number of amides is 1. The first-order valence-electron chi connectivity index (χ1n) is 13.1. The van der Waals surface area contributed by atoms with Gasteiger partial charge in [-0.2, -0.15) is 0 Å². The van der Waals surface area contributed by atoms with Crippen LogP contribution in [0.5, 0.6) is 28.9 Å².